The van der Waals surface area contributed by atoms with Crippen molar-refractivity contribution in [2.75, 3.05) is 11.9 Å². The lowest BCUT2D eigenvalue weighted by Crippen LogP contribution is -2.25. The Bertz CT molecular complexity index is 1220. The quantitative estimate of drug-likeness (QED) is 0.538. The standard InChI is InChI=1S/C24H23FN4O4/c1-14-22(15(2)29(28-14)20-10-6-17(25)7-11-20)24(32)33-13-21(30)26-19-5-3-4-16(12-19)23(31)27-18-8-9-18/h3-7,10-12,18H,8-9,13H2,1-2H3,(H,26,30)(H,27,31). The van der Waals surface area contributed by atoms with Gasteiger partial charge in [0.2, 0.25) is 0 Å². The van der Waals surface area contributed by atoms with E-state index in [1.54, 1.807) is 50.2 Å². The summed E-state index contributed by atoms with van der Waals surface area (Å²) < 4.78 is 19.9. The molecule has 0 atom stereocenters. The fourth-order valence-electron chi connectivity index (χ4n) is 3.41. The van der Waals surface area contributed by atoms with Crippen molar-refractivity contribution in [1.82, 2.24) is 15.1 Å². The summed E-state index contributed by atoms with van der Waals surface area (Å²) in [5.74, 6) is -1.79. The van der Waals surface area contributed by atoms with Gasteiger partial charge >= 0.3 is 5.97 Å². The third kappa shape index (κ3) is 5.25. The lowest BCUT2D eigenvalue weighted by molar-refractivity contribution is -0.119. The number of aryl methyl sites for hydroxylation is 1. The number of amides is 2. The zero-order valence-electron chi connectivity index (χ0n) is 18.2. The van der Waals surface area contributed by atoms with E-state index in [0.717, 1.165) is 12.8 Å². The summed E-state index contributed by atoms with van der Waals surface area (Å²) >= 11 is 0. The first-order valence-electron chi connectivity index (χ1n) is 10.5. The van der Waals surface area contributed by atoms with Crippen LogP contribution in [0.5, 0.6) is 0 Å². The van der Waals surface area contributed by atoms with E-state index in [1.165, 1.54) is 16.8 Å². The molecule has 1 fully saturated rings. The number of anilines is 1. The molecule has 9 heteroatoms. The van der Waals surface area contributed by atoms with Crippen LogP contribution < -0.4 is 10.6 Å². The van der Waals surface area contributed by atoms with Crippen LogP contribution in [0.15, 0.2) is 48.5 Å². The molecule has 1 heterocycles. The smallest absolute Gasteiger partial charge is 0.342 e. The van der Waals surface area contributed by atoms with Crippen molar-refractivity contribution >= 4 is 23.5 Å². The van der Waals surface area contributed by atoms with E-state index in [0.29, 0.717) is 28.3 Å². The van der Waals surface area contributed by atoms with E-state index >= 15 is 0 Å². The maximum Gasteiger partial charge on any atom is 0.342 e. The Morgan fingerprint density at radius 3 is 2.55 bits per heavy atom. The van der Waals surface area contributed by atoms with Gasteiger partial charge < -0.3 is 15.4 Å². The molecule has 8 nitrogen and oxygen atoms in total. The molecule has 2 N–H and O–H groups in total. The first kappa shape index (κ1) is 22.2. The Hall–Kier alpha value is -4.01. The largest absolute Gasteiger partial charge is 0.452 e. The highest BCUT2D eigenvalue weighted by molar-refractivity contribution is 5.99. The van der Waals surface area contributed by atoms with Gasteiger partial charge in [0.15, 0.2) is 6.61 Å². The highest BCUT2D eigenvalue weighted by atomic mass is 19.1. The number of hydrogen-bond donors (Lipinski definition) is 2. The normalized spacial score (nSPS) is 12.8. The summed E-state index contributed by atoms with van der Waals surface area (Å²) in [6, 6.07) is 12.5. The summed E-state index contributed by atoms with van der Waals surface area (Å²) in [5, 5.41) is 9.85. The Morgan fingerprint density at radius 2 is 1.85 bits per heavy atom. The molecule has 0 unspecified atom stereocenters. The van der Waals surface area contributed by atoms with Gasteiger partial charge in [-0.05, 0) is 69.2 Å². The molecule has 1 saturated carbocycles. The van der Waals surface area contributed by atoms with Crippen molar-refractivity contribution < 1.29 is 23.5 Å². The number of nitrogens with zero attached hydrogens (tertiary/aromatic N) is 2. The number of hydrogen-bond acceptors (Lipinski definition) is 5. The number of halogens is 1. The molecule has 0 saturated heterocycles. The SMILES string of the molecule is Cc1nn(-c2ccc(F)cc2)c(C)c1C(=O)OCC(=O)Nc1cccc(C(=O)NC2CC2)c1. The first-order chi connectivity index (χ1) is 15.8. The van der Waals surface area contributed by atoms with Crippen LogP contribution in [0.3, 0.4) is 0 Å². The third-order valence-electron chi connectivity index (χ3n) is 5.22. The van der Waals surface area contributed by atoms with E-state index in [4.69, 9.17) is 4.74 Å². The van der Waals surface area contributed by atoms with Crippen LogP contribution in [0, 0.1) is 19.7 Å². The average Bonchev–Trinajstić information content (AvgIpc) is 3.55. The summed E-state index contributed by atoms with van der Waals surface area (Å²) in [6.07, 6.45) is 1.96. The molecular formula is C24H23FN4O4. The Balaban J connectivity index is 1.37. The second kappa shape index (κ2) is 9.23. The van der Waals surface area contributed by atoms with Crippen LogP contribution in [-0.2, 0) is 9.53 Å². The third-order valence-corrected chi connectivity index (χ3v) is 5.22. The van der Waals surface area contributed by atoms with Gasteiger partial charge in [0.05, 0.1) is 17.1 Å². The Morgan fingerprint density at radius 1 is 1.12 bits per heavy atom. The van der Waals surface area contributed by atoms with Crippen molar-refractivity contribution in [1.29, 1.82) is 0 Å². The van der Waals surface area contributed by atoms with E-state index in [9.17, 15) is 18.8 Å². The molecule has 2 amide bonds. The average molecular weight is 450 g/mol. The van der Waals surface area contributed by atoms with Crippen LogP contribution in [0.1, 0.15) is 44.9 Å². The molecule has 2 aromatic carbocycles. The Labute approximate surface area is 189 Å². The van der Waals surface area contributed by atoms with Gasteiger partial charge in [-0.25, -0.2) is 13.9 Å². The van der Waals surface area contributed by atoms with Gasteiger partial charge in [0, 0.05) is 17.3 Å². The van der Waals surface area contributed by atoms with Gasteiger partial charge in [-0.15, -0.1) is 0 Å². The second-order valence-corrected chi connectivity index (χ2v) is 7.89. The number of nitrogens with one attached hydrogen (secondary N) is 2. The molecule has 4 rings (SSSR count). The number of esters is 1. The highest BCUT2D eigenvalue weighted by Gasteiger charge is 2.24. The zero-order chi connectivity index (χ0) is 23.5. The van der Waals surface area contributed by atoms with Crippen molar-refractivity contribution in [2.24, 2.45) is 0 Å². The van der Waals surface area contributed by atoms with Crippen molar-refractivity contribution in [3.8, 4) is 5.69 Å². The number of ether oxygens (including phenoxy) is 1. The number of aromatic nitrogens is 2. The lowest BCUT2D eigenvalue weighted by atomic mass is 10.2. The van der Waals surface area contributed by atoms with E-state index in [2.05, 4.69) is 15.7 Å². The lowest BCUT2D eigenvalue weighted by Gasteiger charge is -2.09. The number of rotatable bonds is 7. The minimum absolute atomic E-state index is 0.191. The van der Waals surface area contributed by atoms with E-state index in [1.807, 2.05) is 0 Å². The van der Waals surface area contributed by atoms with Crippen molar-refractivity contribution in [3.63, 3.8) is 0 Å². The minimum Gasteiger partial charge on any atom is -0.452 e. The van der Waals surface area contributed by atoms with Gasteiger partial charge in [0.1, 0.15) is 11.4 Å². The first-order valence-corrected chi connectivity index (χ1v) is 10.5. The molecule has 0 bridgehead atoms. The monoisotopic (exact) mass is 450 g/mol. The molecule has 3 aromatic rings. The topological polar surface area (TPSA) is 102 Å². The van der Waals surface area contributed by atoms with Crippen LogP contribution in [0.2, 0.25) is 0 Å². The molecule has 1 aliphatic carbocycles. The molecule has 170 valence electrons. The summed E-state index contributed by atoms with van der Waals surface area (Å²) in [4.78, 5) is 37.1. The molecular weight excluding hydrogens is 427 g/mol. The van der Waals surface area contributed by atoms with Gasteiger partial charge in [-0.2, -0.15) is 5.10 Å². The van der Waals surface area contributed by atoms with Gasteiger partial charge in [-0.3, -0.25) is 9.59 Å². The van der Waals surface area contributed by atoms with Crippen LogP contribution in [-0.4, -0.2) is 40.2 Å². The van der Waals surface area contributed by atoms with Crippen LogP contribution >= 0.6 is 0 Å². The zero-order valence-corrected chi connectivity index (χ0v) is 18.2. The summed E-state index contributed by atoms with van der Waals surface area (Å²) in [5.41, 5.74) is 2.65. The maximum absolute atomic E-state index is 13.2. The van der Waals surface area contributed by atoms with Crippen molar-refractivity contribution in [2.45, 2.75) is 32.7 Å². The van der Waals surface area contributed by atoms with Crippen molar-refractivity contribution in [3.05, 3.63) is 76.9 Å². The predicted octanol–water partition coefficient (Wildman–Crippen LogP) is 3.32. The molecule has 0 radical (unpaired) electrons. The number of carbonyl (C=O) groups is 3. The highest BCUT2D eigenvalue weighted by Crippen LogP contribution is 2.21. The fraction of sp³-hybridized carbons (Fsp3) is 0.250. The maximum atomic E-state index is 13.2. The molecule has 0 spiro atoms. The Kier molecular flexibility index (Phi) is 6.21. The summed E-state index contributed by atoms with van der Waals surface area (Å²) in [6.45, 7) is 2.85. The molecule has 0 aliphatic heterocycles. The second-order valence-electron chi connectivity index (χ2n) is 7.89. The van der Waals surface area contributed by atoms with Crippen LogP contribution in [0.25, 0.3) is 5.69 Å². The van der Waals surface area contributed by atoms with E-state index in [-0.39, 0.29) is 23.3 Å². The van der Waals surface area contributed by atoms with Gasteiger partial charge in [0.25, 0.3) is 11.8 Å². The predicted molar refractivity (Wildman–Crippen MR) is 119 cm³/mol. The van der Waals surface area contributed by atoms with Crippen LogP contribution in [0.4, 0.5) is 10.1 Å². The van der Waals surface area contributed by atoms with E-state index < -0.39 is 18.5 Å². The summed E-state index contributed by atoms with van der Waals surface area (Å²) in [7, 11) is 0. The number of carbonyl (C=O) groups excluding carboxylic acids is 3. The number of benzene rings is 2. The molecule has 1 aliphatic rings. The molecule has 1 aromatic heterocycles. The van der Waals surface area contributed by atoms with Gasteiger partial charge in [-0.1, -0.05) is 6.07 Å². The molecule has 33 heavy (non-hydrogen) atoms. The minimum atomic E-state index is -0.689. The fourth-order valence-corrected chi connectivity index (χ4v) is 3.41.